The van der Waals surface area contributed by atoms with Crippen LogP contribution in [-0.2, 0) is 35.7 Å². The number of carbonyl (C=O) groups is 4. The van der Waals surface area contributed by atoms with Gasteiger partial charge in [0.1, 0.15) is 22.8 Å². The molecule has 2 aromatic heterocycles. The van der Waals surface area contributed by atoms with Crippen molar-refractivity contribution in [2.24, 2.45) is 0 Å². The van der Waals surface area contributed by atoms with Gasteiger partial charge in [-0.3, -0.25) is 14.2 Å². The standard InChI is InChI=1S/C15H21F3N4O3.C12H17N3O4/c1-9(15(16,17)18)20-12(23)10-7-19-22-6-5-21(8-11(10)22)13(24)25-14(2,3)4;1-12(2,3)19-11(18)14-4-5-15-9(7-14)8(6-13-15)10(16)17/h7,9H,5-6,8H2,1-4H3,(H,20,23);6H,4-5,7H2,1-3H3,(H,16,17)/t9-;/m1./s1. The molecule has 17 heteroatoms. The normalized spacial score (nSPS) is 15.7. The molecule has 0 fully saturated rings. The number of carboxylic acids is 1. The molecule has 0 aliphatic carbocycles. The van der Waals surface area contributed by atoms with E-state index in [1.165, 1.54) is 26.9 Å². The third kappa shape index (κ3) is 8.86. The average molecular weight is 630 g/mol. The number of hydrogen-bond acceptors (Lipinski definition) is 8. The van der Waals surface area contributed by atoms with Crippen LogP contribution in [0.4, 0.5) is 22.8 Å². The van der Waals surface area contributed by atoms with Gasteiger partial charge in [-0.25, -0.2) is 14.4 Å². The Bertz CT molecular complexity index is 1390. The van der Waals surface area contributed by atoms with Crippen LogP contribution in [0.5, 0.6) is 0 Å². The summed E-state index contributed by atoms with van der Waals surface area (Å²) in [7, 11) is 0. The first-order chi connectivity index (χ1) is 20.2. The van der Waals surface area contributed by atoms with Crippen molar-refractivity contribution < 1.29 is 46.9 Å². The van der Waals surface area contributed by atoms with Crippen LogP contribution in [0.15, 0.2) is 12.4 Å². The molecule has 2 aromatic rings. The Labute approximate surface area is 252 Å². The molecule has 44 heavy (non-hydrogen) atoms. The first kappa shape index (κ1) is 34.2. The van der Waals surface area contributed by atoms with Crippen molar-refractivity contribution in [1.82, 2.24) is 34.7 Å². The Balaban J connectivity index is 0.000000249. The van der Waals surface area contributed by atoms with Crippen LogP contribution in [0, 0.1) is 0 Å². The summed E-state index contributed by atoms with van der Waals surface area (Å²) in [6, 6.07) is -1.99. The molecule has 4 heterocycles. The number of amides is 3. The average Bonchev–Trinajstić information content (AvgIpc) is 3.50. The van der Waals surface area contributed by atoms with E-state index in [2.05, 4.69) is 10.2 Å². The maximum atomic E-state index is 12.6. The van der Waals surface area contributed by atoms with Gasteiger partial charge in [-0.05, 0) is 48.5 Å². The summed E-state index contributed by atoms with van der Waals surface area (Å²) in [5, 5.41) is 19.0. The van der Waals surface area contributed by atoms with Crippen molar-refractivity contribution in [3.8, 4) is 0 Å². The minimum atomic E-state index is -4.54. The maximum absolute atomic E-state index is 12.6. The van der Waals surface area contributed by atoms with Crippen molar-refractivity contribution in [3.63, 3.8) is 0 Å². The number of aromatic nitrogens is 4. The third-order valence-corrected chi connectivity index (χ3v) is 6.36. The first-order valence-electron chi connectivity index (χ1n) is 13.8. The van der Waals surface area contributed by atoms with Crippen LogP contribution in [0.2, 0.25) is 0 Å². The molecule has 0 aromatic carbocycles. The summed E-state index contributed by atoms with van der Waals surface area (Å²) in [5.41, 5.74) is -0.173. The molecule has 4 rings (SSSR count). The van der Waals surface area contributed by atoms with Crippen molar-refractivity contribution in [2.75, 3.05) is 13.1 Å². The lowest BCUT2D eigenvalue weighted by Crippen LogP contribution is -2.44. The summed E-state index contributed by atoms with van der Waals surface area (Å²) in [4.78, 5) is 50.2. The largest absolute Gasteiger partial charge is 0.478 e. The number of nitrogens with zero attached hydrogens (tertiary/aromatic N) is 6. The minimum absolute atomic E-state index is 0.0179. The highest BCUT2D eigenvalue weighted by Crippen LogP contribution is 2.23. The SMILES string of the molecule is CC(C)(C)OC(=O)N1CCn2ncc(C(=O)O)c2C1.C[C@@H](NC(=O)c1cnn2c1CN(C(=O)OC(C)(C)C)CC2)C(F)(F)F. The lowest BCUT2D eigenvalue weighted by Gasteiger charge is -2.30. The lowest BCUT2D eigenvalue weighted by atomic mass is 10.1. The van der Waals surface area contributed by atoms with Crippen LogP contribution < -0.4 is 5.32 Å². The van der Waals surface area contributed by atoms with Gasteiger partial charge in [-0.2, -0.15) is 23.4 Å². The highest BCUT2D eigenvalue weighted by Gasteiger charge is 2.38. The molecule has 0 radical (unpaired) electrons. The molecular weight excluding hydrogens is 591 g/mol. The number of carbonyl (C=O) groups excluding carboxylic acids is 3. The molecule has 0 unspecified atom stereocenters. The number of hydrogen-bond donors (Lipinski definition) is 2. The number of fused-ring (bicyclic) bond motifs is 2. The van der Waals surface area contributed by atoms with E-state index in [1.54, 1.807) is 46.2 Å². The predicted octanol–water partition coefficient (Wildman–Crippen LogP) is 3.65. The zero-order valence-corrected chi connectivity index (χ0v) is 25.7. The second-order valence-electron chi connectivity index (χ2n) is 12.3. The van der Waals surface area contributed by atoms with Crippen LogP contribution in [0.1, 0.15) is 80.6 Å². The van der Waals surface area contributed by atoms with E-state index in [0.29, 0.717) is 37.6 Å². The van der Waals surface area contributed by atoms with Crippen LogP contribution in [0.25, 0.3) is 0 Å². The van der Waals surface area contributed by atoms with Crippen molar-refractivity contribution >= 4 is 24.1 Å². The van der Waals surface area contributed by atoms with Gasteiger partial charge >= 0.3 is 24.3 Å². The van der Waals surface area contributed by atoms with E-state index >= 15 is 0 Å². The second-order valence-corrected chi connectivity index (χ2v) is 12.3. The number of ether oxygens (including phenoxy) is 2. The third-order valence-electron chi connectivity index (χ3n) is 6.36. The molecule has 1 atom stereocenters. The fraction of sp³-hybridized carbons (Fsp3) is 0.630. The molecule has 2 aliphatic rings. The van der Waals surface area contributed by atoms with E-state index in [1.807, 2.05) is 5.32 Å². The molecule has 244 valence electrons. The number of carboxylic acid groups (broad SMARTS) is 1. The van der Waals surface area contributed by atoms with Gasteiger partial charge < -0.3 is 29.7 Å². The van der Waals surface area contributed by atoms with Crippen molar-refractivity contribution in [3.05, 3.63) is 34.9 Å². The predicted molar refractivity (Wildman–Crippen MR) is 148 cm³/mol. The minimum Gasteiger partial charge on any atom is -0.478 e. The Morgan fingerprint density at radius 3 is 1.59 bits per heavy atom. The Kier molecular flexibility index (Phi) is 9.89. The van der Waals surface area contributed by atoms with Gasteiger partial charge in [0.05, 0.1) is 55.5 Å². The molecule has 2 N–H and O–H groups in total. The Morgan fingerprint density at radius 1 is 0.795 bits per heavy atom. The number of halogens is 3. The summed E-state index contributed by atoms with van der Waals surface area (Å²) in [6.07, 6.45) is -2.99. The quantitative estimate of drug-likeness (QED) is 0.516. The van der Waals surface area contributed by atoms with Gasteiger partial charge in [0.25, 0.3) is 5.91 Å². The Morgan fingerprint density at radius 2 is 1.20 bits per heavy atom. The van der Waals surface area contributed by atoms with Gasteiger partial charge in [0, 0.05) is 13.1 Å². The van der Waals surface area contributed by atoms with Gasteiger partial charge in [-0.15, -0.1) is 0 Å². The molecule has 0 spiro atoms. The van der Waals surface area contributed by atoms with Gasteiger partial charge in [-0.1, -0.05) is 0 Å². The molecule has 2 aliphatic heterocycles. The highest BCUT2D eigenvalue weighted by molar-refractivity contribution is 5.95. The van der Waals surface area contributed by atoms with Gasteiger partial charge in [0.15, 0.2) is 0 Å². The molecule has 3 amide bonds. The van der Waals surface area contributed by atoms with Crippen LogP contribution >= 0.6 is 0 Å². The topological polar surface area (TPSA) is 161 Å². The van der Waals surface area contributed by atoms with Crippen LogP contribution in [0.3, 0.4) is 0 Å². The number of aromatic carboxylic acids is 1. The summed E-state index contributed by atoms with van der Waals surface area (Å²) >= 11 is 0. The van der Waals surface area contributed by atoms with E-state index in [-0.39, 0.29) is 24.2 Å². The molecule has 0 saturated heterocycles. The second kappa shape index (κ2) is 12.7. The molecule has 0 saturated carbocycles. The summed E-state index contributed by atoms with van der Waals surface area (Å²) in [6.45, 7) is 13.3. The molecule has 14 nitrogen and oxygen atoms in total. The number of rotatable bonds is 3. The van der Waals surface area contributed by atoms with E-state index in [0.717, 1.165) is 6.92 Å². The smallest absolute Gasteiger partial charge is 0.410 e. The lowest BCUT2D eigenvalue weighted by molar-refractivity contribution is -0.149. The number of nitrogens with one attached hydrogen (secondary N) is 1. The highest BCUT2D eigenvalue weighted by atomic mass is 19.4. The maximum Gasteiger partial charge on any atom is 0.410 e. The Hall–Kier alpha value is -4.31. The molecule has 0 bridgehead atoms. The zero-order valence-electron chi connectivity index (χ0n) is 25.7. The number of alkyl halides is 3. The summed E-state index contributed by atoms with van der Waals surface area (Å²) < 4.78 is 51.5. The van der Waals surface area contributed by atoms with E-state index < -0.39 is 47.5 Å². The first-order valence-corrected chi connectivity index (χ1v) is 13.8. The summed E-state index contributed by atoms with van der Waals surface area (Å²) in [5.74, 6) is -1.91. The monoisotopic (exact) mass is 629 g/mol. The van der Waals surface area contributed by atoms with Gasteiger partial charge in [0.2, 0.25) is 0 Å². The van der Waals surface area contributed by atoms with Crippen molar-refractivity contribution in [2.45, 2.75) is 98.1 Å². The molecular formula is C27H38F3N7O7. The van der Waals surface area contributed by atoms with Crippen LogP contribution in [-0.4, -0.2) is 95.0 Å². The fourth-order valence-electron chi connectivity index (χ4n) is 4.18. The van der Waals surface area contributed by atoms with E-state index in [4.69, 9.17) is 14.6 Å². The fourth-order valence-corrected chi connectivity index (χ4v) is 4.18. The van der Waals surface area contributed by atoms with Crippen molar-refractivity contribution in [1.29, 1.82) is 0 Å². The van der Waals surface area contributed by atoms with E-state index in [9.17, 15) is 32.3 Å². The zero-order chi connectivity index (χ0) is 33.2.